The molecule has 1 atom stereocenters. The highest BCUT2D eigenvalue weighted by Gasteiger charge is 2.34. The van der Waals surface area contributed by atoms with Crippen molar-refractivity contribution in [3.05, 3.63) is 0 Å². The van der Waals surface area contributed by atoms with Gasteiger partial charge in [-0.25, -0.2) is 9.80 Å². The van der Waals surface area contributed by atoms with Gasteiger partial charge in [0.1, 0.15) is 0 Å². The molecule has 1 saturated heterocycles. The molecular formula is C11H19N3O4. The fourth-order valence-corrected chi connectivity index (χ4v) is 2.04. The number of hydrogen-bond acceptors (Lipinski definition) is 4. The molecule has 0 aromatic carbocycles. The van der Waals surface area contributed by atoms with Gasteiger partial charge < -0.3 is 15.2 Å². The minimum absolute atomic E-state index is 0.0127. The molecular weight excluding hydrogens is 238 g/mol. The van der Waals surface area contributed by atoms with E-state index in [2.05, 4.69) is 10.7 Å². The predicted octanol–water partition coefficient (Wildman–Crippen LogP) is -0.214. The van der Waals surface area contributed by atoms with Crippen molar-refractivity contribution >= 4 is 12.0 Å². The number of rotatable bonds is 5. The highest BCUT2D eigenvalue weighted by Crippen LogP contribution is 2.33. The Labute approximate surface area is 105 Å². The van der Waals surface area contributed by atoms with Crippen LogP contribution < -0.4 is 10.7 Å². The first-order valence-electron chi connectivity index (χ1n) is 6.27. The van der Waals surface area contributed by atoms with E-state index in [1.807, 2.05) is 0 Å². The Morgan fingerprint density at radius 1 is 1.33 bits per heavy atom. The van der Waals surface area contributed by atoms with Crippen molar-refractivity contribution in [1.82, 2.24) is 15.8 Å². The van der Waals surface area contributed by atoms with E-state index in [1.165, 1.54) is 0 Å². The van der Waals surface area contributed by atoms with Crippen molar-refractivity contribution in [2.24, 2.45) is 5.92 Å². The van der Waals surface area contributed by atoms with E-state index in [1.54, 1.807) is 5.01 Å². The highest BCUT2D eigenvalue weighted by atomic mass is 16.5. The Bertz CT molecular complexity index is 313. The summed E-state index contributed by atoms with van der Waals surface area (Å²) in [6.07, 6.45) is 1.98. The minimum atomic E-state index is -0.876. The summed E-state index contributed by atoms with van der Waals surface area (Å²) in [6.45, 7) is 2.50. The van der Waals surface area contributed by atoms with E-state index in [9.17, 15) is 9.59 Å². The molecule has 1 heterocycles. The number of urea groups is 1. The first kappa shape index (κ1) is 13.1. The summed E-state index contributed by atoms with van der Waals surface area (Å²) < 4.78 is 5.17. The number of morpholine rings is 1. The van der Waals surface area contributed by atoms with Gasteiger partial charge in [-0.3, -0.25) is 10.2 Å². The van der Waals surface area contributed by atoms with E-state index < -0.39 is 5.97 Å². The first-order valence-corrected chi connectivity index (χ1v) is 6.27. The molecule has 0 aromatic heterocycles. The van der Waals surface area contributed by atoms with E-state index >= 15 is 0 Å². The Balaban J connectivity index is 1.75. The van der Waals surface area contributed by atoms with Gasteiger partial charge in [0.15, 0.2) is 0 Å². The second-order valence-electron chi connectivity index (χ2n) is 4.73. The second kappa shape index (κ2) is 6.01. The normalized spacial score (nSPS) is 22.2. The average molecular weight is 257 g/mol. The van der Waals surface area contributed by atoms with Gasteiger partial charge in [-0.2, -0.15) is 0 Å². The lowest BCUT2D eigenvalue weighted by Crippen LogP contribution is -2.54. The van der Waals surface area contributed by atoms with Gasteiger partial charge >= 0.3 is 12.0 Å². The van der Waals surface area contributed by atoms with Crippen molar-refractivity contribution < 1.29 is 19.4 Å². The molecule has 1 aliphatic heterocycles. The van der Waals surface area contributed by atoms with Crippen LogP contribution in [0.3, 0.4) is 0 Å². The van der Waals surface area contributed by atoms with E-state index in [-0.39, 0.29) is 18.5 Å². The molecule has 2 rings (SSSR count). The third kappa shape index (κ3) is 4.15. The van der Waals surface area contributed by atoms with Crippen molar-refractivity contribution in [2.45, 2.75) is 25.3 Å². The quantitative estimate of drug-likeness (QED) is 0.634. The number of nitrogens with zero attached hydrogens (tertiary/aromatic N) is 1. The maximum atomic E-state index is 11.7. The van der Waals surface area contributed by atoms with Crippen LogP contribution in [0.2, 0.25) is 0 Å². The summed E-state index contributed by atoms with van der Waals surface area (Å²) in [7, 11) is 0. The maximum Gasteiger partial charge on any atom is 0.329 e. The van der Waals surface area contributed by atoms with Gasteiger partial charge in [0.2, 0.25) is 0 Å². The van der Waals surface area contributed by atoms with Gasteiger partial charge in [0, 0.05) is 19.1 Å². The van der Waals surface area contributed by atoms with Crippen LogP contribution in [0, 0.1) is 5.92 Å². The molecule has 3 N–H and O–H groups in total. The number of hydrogen-bond donors (Lipinski definition) is 3. The summed E-state index contributed by atoms with van der Waals surface area (Å²) in [5, 5.41) is 13.3. The van der Waals surface area contributed by atoms with E-state index in [4.69, 9.17) is 9.84 Å². The highest BCUT2D eigenvalue weighted by molar-refractivity contribution is 5.75. The van der Waals surface area contributed by atoms with Gasteiger partial charge in [0.25, 0.3) is 0 Å². The number of carbonyl (C=O) groups excluding carboxylic acids is 1. The number of aliphatic carboxylic acids is 1. The average Bonchev–Trinajstić information content (AvgIpc) is 3.12. The van der Waals surface area contributed by atoms with E-state index in [0.717, 1.165) is 12.8 Å². The lowest BCUT2D eigenvalue weighted by Gasteiger charge is -2.28. The number of nitrogens with one attached hydrogen (secondary N) is 2. The fraction of sp³-hybridized carbons (Fsp3) is 0.818. The number of ether oxygens (including phenoxy) is 1. The zero-order chi connectivity index (χ0) is 13.0. The van der Waals surface area contributed by atoms with Crippen molar-refractivity contribution in [3.8, 4) is 0 Å². The molecule has 18 heavy (non-hydrogen) atoms. The fourth-order valence-electron chi connectivity index (χ4n) is 2.04. The van der Waals surface area contributed by atoms with Gasteiger partial charge in [0.05, 0.1) is 19.6 Å². The van der Waals surface area contributed by atoms with Crippen LogP contribution in [-0.2, 0) is 9.53 Å². The second-order valence-corrected chi connectivity index (χ2v) is 4.73. The Kier molecular flexibility index (Phi) is 4.38. The van der Waals surface area contributed by atoms with Gasteiger partial charge in [-0.05, 0) is 18.8 Å². The zero-order valence-electron chi connectivity index (χ0n) is 10.2. The first-order chi connectivity index (χ1) is 8.65. The van der Waals surface area contributed by atoms with Crippen LogP contribution >= 0.6 is 0 Å². The molecule has 0 aromatic rings. The molecule has 7 heteroatoms. The third-order valence-corrected chi connectivity index (χ3v) is 3.17. The summed E-state index contributed by atoms with van der Waals surface area (Å²) in [5.74, 6) is -0.560. The summed E-state index contributed by atoms with van der Waals surface area (Å²) in [6, 6.07) is -0.585. The van der Waals surface area contributed by atoms with Crippen LogP contribution in [0.15, 0.2) is 0 Å². The monoisotopic (exact) mass is 257 g/mol. The number of carboxylic acids is 1. The number of carboxylic acid groups (broad SMARTS) is 1. The third-order valence-electron chi connectivity index (χ3n) is 3.17. The minimum Gasteiger partial charge on any atom is -0.481 e. The molecule has 0 radical (unpaired) electrons. The van der Waals surface area contributed by atoms with Crippen molar-refractivity contribution in [1.29, 1.82) is 0 Å². The number of carbonyl (C=O) groups is 2. The smallest absolute Gasteiger partial charge is 0.329 e. The maximum absolute atomic E-state index is 11.7. The Morgan fingerprint density at radius 2 is 2.00 bits per heavy atom. The van der Waals surface area contributed by atoms with Crippen LogP contribution in [0.1, 0.15) is 19.3 Å². The standard InChI is InChI=1S/C11H19N3O4/c15-10(16)7-9(8-1-2-8)12-11(17)13-14-3-5-18-6-4-14/h8-9H,1-7H2,(H,15,16)(H2,12,13,17). The molecule has 2 amide bonds. The molecule has 1 saturated carbocycles. The Hall–Kier alpha value is -1.34. The molecule has 7 nitrogen and oxygen atoms in total. The molecule has 1 aliphatic carbocycles. The lowest BCUT2D eigenvalue weighted by atomic mass is 10.1. The largest absolute Gasteiger partial charge is 0.481 e. The van der Waals surface area contributed by atoms with Gasteiger partial charge in [-0.1, -0.05) is 0 Å². The predicted molar refractivity (Wildman–Crippen MR) is 62.8 cm³/mol. The number of hydrazine groups is 1. The molecule has 0 spiro atoms. The van der Waals surface area contributed by atoms with Crippen molar-refractivity contribution in [2.75, 3.05) is 26.3 Å². The van der Waals surface area contributed by atoms with Crippen LogP contribution in [-0.4, -0.2) is 54.5 Å². The van der Waals surface area contributed by atoms with Gasteiger partial charge in [-0.15, -0.1) is 0 Å². The SMILES string of the molecule is O=C(O)CC(NC(=O)NN1CCOCC1)C1CC1. The summed E-state index contributed by atoms with van der Waals surface area (Å²) >= 11 is 0. The van der Waals surface area contributed by atoms with Crippen LogP contribution in [0.25, 0.3) is 0 Å². The topological polar surface area (TPSA) is 90.9 Å². The Morgan fingerprint density at radius 3 is 2.56 bits per heavy atom. The molecule has 0 bridgehead atoms. The molecule has 102 valence electrons. The van der Waals surface area contributed by atoms with Crippen LogP contribution in [0.4, 0.5) is 4.79 Å². The van der Waals surface area contributed by atoms with Crippen LogP contribution in [0.5, 0.6) is 0 Å². The van der Waals surface area contributed by atoms with Crippen molar-refractivity contribution in [3.63, 3.8) is 0 Å². The van der Waals surface area contributed by atoms with E-state index in [0.29, 0.717) is 32.2 Å². The molecule has 2 aliphatic rings. The summed E-state index contributed by atoms with van der Waals surface area (Å²) in [5.41, 5.74) is 2.72. The molecule has 2 fully saturated rings. The zero-order valence-corrected chi connectivity index (χ0v) is 10.2. The summed E-state index contributed by atoms with van der Waals surface area (Å²) in [4.78, 5) is 22.5. The lowest BCUT2D eigenvalue weighted by molar-refractivity contribution is -0.137. The number of amides is 2. The molecule has 1 unspecified atom stereocenters.